The molecule has 1 aliphatic rings. The lowest BCUT2D eigenvalue weighted by Gasteiger charge is -2.32. The lowest BCUT2D eigenvalue weighted by Crippen LogP contribution is -2.41. The number of benzene rings is 3. The van der Waals surface area contributed by atoms with Gasteiger partial charge >= 0.3 is 0 Å². The zero-order valence-electron chi connectivity index (χ0n) is 20.3. The maximum Gasteiger partial charge on any atom is 0.293 e. The van der Waals surface area contributed by atoms with Gasteiger partial charge in [0.15, 0.2) is 0 Å². The van der Waals surface area contributed by atoms with Crippen molar-refractivity contribution in [2.24, 2.45) is 0 Å². The predicted octanol–water partition coefficient (Wildman–Crippen LogP) is 5.61. The molecule has 0 aromatic heterocycles. The van der Waals surface area contributed by atoms with E-state index in [0.717, 1.165) is 47.2 Å². The van der Waals surface area contributed by atoms with Gasteiger partial charge in [-0.05, 0) is 56.8 Å². The lowest BCUT2D eigenvalue weighted by molar-refractivity contribution is -0.138. The van der Waals surface area contributed by atoms with Crippen LogP contribution in [0.5, 0.6) is 5.75 Å². The summed E-state index contributed by atoms with van der Waals surface area (Å²) in [7, 11) is 1.70. The van der Waals surface area contributed by atoms with Crippen LogP contribution in [-0.2, 0) is 20.9 Å². The SMILES string of the molecule is CC(C)(C)OC=O.COc1c(COC2CNCCC2c2ccc(F)cc2)ccc2ccccc12. The second kappa shape index (κ2) is 12.0. The molecule has 3 aromatic carbocycles. The van der Waals surface area contributed by atoms with Gasteiger partial charge in [-0.3, -0.25) is 4.79 Å². The van der Waals surface area contributed by atoms with Gasteiger partial charge in [0, 0.05) is 23.4 Å². The van der Waals surface area contributed by atoms with Crippen LogP contribution < -0.4 is 10.1 Å². The summed E-state index contributed by atoms with van der Waals surface area (Å²) in [6, 6.07) is 19.2. The average molecular weight is 468 g/mol. The molecule has 1 saturated heterocycles. The van der Waals surface area contributed by atoms with E-state index in [2.05, 4.69) is 34.3 Å². The minimum atomic E-state index is -0.318. The maximum absolute atomic E-state index is 13.3. The molecular formula is C28H34FNO4. The molecular weight excluding hydrogens is 433 g/mol. The summed E-state index contributed by atoms with van der Waals surface area (Å²) in [5.41, 5.74) is 1.86. The van der Waals surface area contributed by atoms with Gasteiger partial charge in [-0.15, -0.1) is 0 Å². The van der Waals surface area contributed by atoms with E-state index in [-0.39, 0.29) is 23.4 Å². The first-order chi connectivity index (χ1) is 16.3. The number of carbonyl (C=O) groups is 1. The summed E-state index contributed by atoms with van der Waals surface area (Å²) in [5.74, 6) is 0.930. The van der Waals surface area contributed by atoms with Crippen LogP contribution in [0.15, 0.2) is 60.7 Å². The molecule has 2 atom stereocenters. The second-order valence-electron chi connectivity index (χ2n) is 9.31. The Morgan fingerprint density at radius 2 is 1.79 bits per heavy atom. The highest BCUT2D eigenvalue weighted by atomic mass is 19.1. The number of nitrogens with one attached hydrogen (secondary N) is 1. The van der Waals surface area contributed by atoms with E-state index in [1.165, 1.54) is 12.1 Å². The van der Waals surface area contributed by atoms with Crippen LogP contribution >= 0.6 is 0 Å². The van der Waals surface area contributed by atoms with Gasteiger partial charge in [-0.25, -0.2) is 4.39 Å². The average Bonchev–Trinajstić information content (AvgIpc) is 2.82. The standard InChI is InChI=1S/C23H24FNO2.C5H10O2/c1-26-23-18(7-6-16-4-2-3-5-21(16)23)15-27-22-14-25-13-12-20(22)17-8-10-19(24)11-9-17;1-5(2,3)7-4-6/h2-11,20,22,25H,12-15H2,1H3;4H,1-3H3. The molecule has 1 N–H and O–H groups in total. The Morgan fingerprint density at radius 3 is 2.44 bits per heavy atom. The van der Waals surface area contributed by atoms with Crippen LogP contribution in [0, 0.1) is 5.82 Å². The van der Waals surface area contributed by atoms with E-state index in [0.29, 0.717) is 13.1 Å². The molecule has 0 saturated carbocycles. The first-order valence-corrected chi connectivity index (χ1v) is 11.6. The van der Waals surface area contributed by atoms with Crippen molar-refractivity contribution < 1.29 is 23.4 Å². The molecule has 1 fully saturated rings. The highest BCUT2D eigenvalue weighted by Crippen LogP contribution is 2.32. The summed E-state index contributed by atoms with van der Waals surface area (Å²) < 4.78 is 29.8. The summed E-state index contributed by atoms with van der Waals surface area (Å²) in [6.07, 6.45) is 1.02. The van der Waals surface area contributed by atoms with E-state index < -0.39 is 0 Å². The van der Waals surface area contributed by atoms with Gasteiger partial charge in [0.05, 0.1) is 19.8 Å². The molecule has 0 radical (unpaired) electrons. The van der Waals surface area contributed by atoms with Crippen LogP contribution in [0.25, 0.3) is 10.8 Å². The van der Waals surface area contributed by atoms with Crippen molar-refractivity contribution in [2.45, 2.75) is 51.4 Å². The summed E-state index contributed by atoms with van der Waals surface area (Å²) >= 11 is 0. The Bertz CT molecular complexity index is 1060. The van der Waals surface area contributed by atoms with Crippen molar-refractivity contribution in [1.82, 2.24) is 5.32 Å². The first kappa shape index (κ1) is 25.7. The fourth-order valence-corrected chi connectivity index (χ4v) is 4.08. The van der Waals surface area contributed by atoms with Gasteiger partial charge < -0.3 is 19.5 Å². The van der Waals surface area contributed by atoms with Crippen molar-refractivity contribution in [3.05, 3.63) is 77.6 Å². The fraction of sp³-hybridized carbons (Fsp3) is 0.393. The van der Waals surface area contributed by atoms with Crippen LogP contribution in [0.1, 0.15) is 44.2 Å². The Balaban J connectivity index is 0.000000406. The van der Waals surface area contributed by atoms with Crippen molar-refractivity contribution in [3.63, 3.8) is 0 Å². The largest absolute Gasteiger partial charge is 0.496 e. The smallest absolute Gasteiger partial charge is 0.293 e. The molecule has 1 aliphatic heterocycles. The zero-order chi connectivity index (χ0) is 24.6. The third-order valence-corrected chi connectivity index (χ3v) is 5.74. The summed E-state index contributed by atoms with van der Waals surface area (Å²) in [5, 5.41) is 5.66. The van der Waals surface area contributed by atoms with E-state index in [9.17, 15) is 9.18 Å². The van der Waals surface area contributed by atoms with Gasteiger partial charge in [-0.2, -0.15) is 0 Å². The number of rotatable bonds is 6. The quantitative estimate of drug-likeness (QED) is 0.478. The topological polar surface area (TPSA) is 56.8 Å². The van der Waals surface area contributed by atoms with Gasteiger partial charge in [-0.1, -0.05) is 48.5 Å². The van der Waals surface area contributed by atoms with Crippen LogP contribution in [0.4, 0.5) is 4.39 Å². The molecule has 34 heavy (non-hydrogen) atoms. The second-order valence-corrected chi connectivity index (χ2v) is 9.31. The minimum Gasteiger partial charge on any atom is -0.496 e. The molecule has 5 nitrogen and oxygen atoms in total. The monoisotopic (exact) mass is 467 g/mol. The molecule has 0 bridgehead atoms. The molecule has 1 heterocycles. The third kappa shape index (κ3) is 7.02. The van der Waals surface area contributed by atoms with Crippen LogP contribution in [0.3, 0.4) is 0 Å². The van der Waals surface area contributed by atoms with Gasteiger partial charge in [0.2, 0.25) is 0 Å². The number of methoxy groups -OCH3 is 1. The van der Waals surface area contributed by atoms with Crippen LogP contribution in [-0.4, -0.2) is 38.4 Å². The summed E-state index contributed by atoms with van der Waals surface area (Å²) in [4.78, 5) is 9.60. The molecule has 182 valence electrons. The Kier molecular flexibility index (Phi) is 9.02. The van der Waals surface area contributed by atoms with E-state index >= 15 is 0 Å². The van der Waals surface area contributed by atoms with Crippen molar-refractivity contribution >= 4 is 17.2 Å². The van der Waals surface area contributed by atoms with Gasteiger partial charge in [0.25, 0.3) is 6.47 Å². The zero-order valence-corrected chi connectivity index (χ0v) is 20.3. The molecule has 3 aromatic rings. The molecule has 0 spiro atoms. The minimum absolute atomic E-state index is 0.0420. The van der Waals surface area contributed by atoms with Crippen molar-refractivity contribution in [1.29, 1.82) is 0 Å². The number of piperidine rings is 1. The van der Waals surface area contributed by atoms with Crippen LogP contribution in [0.2, 0.25) is 0 Å². The van der Waals surface area contributed by atoms with Crippen molar-refractivity contribution in [3.8, 4) is 5.75 Å². The molecule has 4 rings (SSSR count). The van der Waals surface area contributed by atoms with Crippen molar-refractivity contribution in [2.75, 3.05) is 20.2 Å². The summed E-state index contributed by atoms with van der Waals surface area (Å²) in [6.45, 7) is 8.14. The Morgan fingerprint density at radius 1 is 1.06 bits per heavy atom. The normalized spacial score (nSPS) is 18.0. The highest BCUT2D eigenvalue weighted by molar-refractivity contribution is 5.89. The lowest BCUT2D eigenvalue weighted by atomic mass is 9.87. The highest BCUT2D eigenvalue weighted by Gasteiger charge is 2.27. The molecule has 6 heteroatoms. The number of hydrogen-bond donors (Lipinski definition) is 1. The first-order valence-electron chi connectivity index (χ1n) is 11.6. The fourth-order valence-electron chi connectivity index (χ4n) is 4.08. The number of hydrogen-bond acceptors (Lipinski definition) is 5. The van der Waals surface area contributed by atoms with Gasteiger partial charge in [0.1, 0.15) is 17.2 Å². The number of halogens is 1. The molecule has 0 aliphatic carbocycles. The number of fused-ring (bicyclic) bond motifs is 1. The molecule has 2 unspecified atom stereocenters. The number of carbonyl (C=O) groups excluding carboxylic acids is 1. The maximum atomic E-state index is 13.3. The Hall–Kier alpha value is -2.96. The van der Waals surface area contributed by atoms with E-state index in [1.54, 1.807) is 7.11 Å². The number of ether oxygens (including phenoxy) is 3. The third-order valence-electron chi connectivity index (χ3n) is 5.74. The molecule has 0 amide bonds. The Labute approximate surface area is 201 Å². The predicted molar refractivity (Wildman–Crippen MR) is 133 cm³/mol. The van der Waals surface area contributed by atoms with E-state index in [1.807, 2.05) is 45.0 Å². The van der Waals surface area contributed by atoms with E-state index in [4.69, 9.17) is 9.47 Å².